The summed E-state index contributed by atoms with van der Waals surface area (Å²) >= 11 is 6.14. The van der Waals surface area contributed by atoms with Crippen molar-refractivity contribution >= 4 is 23.2 Å². The maximum Gasteiger partial charge on any atom is 0.227 e. The molecule has 1 heterocycles. The van der Waals surface area contributed by atoms with E-state index in [1.807, 2.05) is 0 Å². The Bertz CT molecular complexity index is 459. The molecule has 0 radical (unpaired) electrons. The van der Waals surface area contributed by atoms with E-state index in [2.05, 4.69) is 6.58 Å². The highest BCUT2D eigenvalue weighted by Crippen LogP contribution is 2.38. The molecule has 1 aliphatic rings. The number of hydrogen-bond acceptors (Lipinski definition) is 2. The summed E-state index contributed by atoms with van der Waals surface area (Å²) in [4.78, 5) is 13.6. The van der Waals surface area contributed by atoms with Gasteiger partial charge in [-0.3, -0.25) is 4.79 Å². The van der Waals surface area contributed by atoms with Crippen molar-refractivity contribution < 1.29 is 9.53 Å². The van der Waals surface area contributed by atoms with E-state index in [0.29, 0.717) is 29.4 Å². The van der Waals surface area contributed by atoms with Gasteiger partial charge in [0.2, 0.25) is 5.91 Å². The Labute approximate surface area is 106 Å². The third-order valence-corrected chi connectivity index (χ3v) is 3.23. The van der Waals surface area contributed by atoms with Crippen LogP contribution in [0.1, 0.15) is 6.42 Å². The highest BCUT2D eigenvalue weighted by atomic mass is 35.5. The fraction of sp³-hybridized carbons (Fsp3) is 0.308. The molecular weight excluding hydrogens is 238 g/mol. The van der Waals surface area contributed by atoms with Gasteiger partial charge in [0.05, 0.1) is 12.1 Å². The highest BCUT2D eigenvalue weighted by molar-refractivity contribution is 6.34. The van der Waals surface area contributed by atoms with E-state index in [1.165, 1.54) is 0 Å². The van der Waals surface area contributed by atoms with Crippen LogP contribution in [0.15, 0.2) is 30.9 Å². The minimum absolute atomic E-state index is 0.0568. The van der Waals surface area contributed by atoms with Gasteiger partial charge >= 0.3 is 0 Å². The van der Waals surface area contributed by atoms with Crippen LogP contribution < -0.4 is 9.64 Å². The van der Waals surface area contributed by atoms with Crippen LogP contribution in [0.2, 0.25) is 5.02 Å². The zero-order valence-corrected chi connectivity index (χ0v) is 10.4. The molecule has 1 atom stereocenters. The average Bonchev–Trinajstić information content (AvgIpc) is 2.70. The molecule has 0 bridgehead atoms. The Morgan fingerprint density at radius 3 is 2.94 bits per heavy atom. The number of benzene rings is 1. The summed E-state index contributed by atoms with van der Waals surface area (Å²) in [6.07, 6.45) is 2.29. The van der Waals surface area contributed by atoms with E-state index in [-0.39, 0.29) is 11.8 Å². The summed E-state index contributed by atoms with van der Waals surface area (Å²) in [5.74, 6) is 0.861. The van der Waals surface area contributed by atoms with Crippen LogP contribution in [0.4, 0.5) is 5.69 Å². The van der Waals surface area contributed by atoms with Gasteiger partial charge in [0.25, 0.3) is 0 Å². The van der Waals surface area contributed by atoms with E-state index in [0.717, 1.165) is 0 Å². The number of rotatable bonds is 3. The van der Waals surface area contributed by atoms with Gasteiger partial charge in [-0.2, -0.15) is 0 Å². The summed E-state index contributed by atoms with van der Waals surface area (Å²) in [7, 11) is 1.57. The van der Waals surface area contributed by atoms with Crippen LogP contribution >= 0.6 is 11.6 Å². The summed E-state index contributed by atoms with van der Waals surface area (Å²) in [5.41, 5.74) is 0.658. The van der Waals surface area contributed by atoms with Crippen LogP contribution in [0.5, 0.6) is 5.75 Å². The summed E-state index contributed by atoms with van der Waals surface area (Å²) in [5, 5.41) is 0.530. The van der Waals surface area contributed by atoms with Gasteiger partial charge in [-0.05, 0) is 12.1 Å². The van der Waals surface area contributed by atoms with Crippen molar-refractivity contribution in [2.45, 2.75) is 6.42 Å². The molecule has 1 aromatic rings. The van der Waals surface area contributed by atoms with Crippen LogP contribution in [0.25, 0.3) is 0 Å². The second-order valence-electron chi connectivity index (χ2n) is 3.99. The molecule has 1 amide bonds. The number of carbonyl (C=O) groups excluding carboxylic acids is 1. The molecule has 1 fully saturated rings. The van der Waals surface area contributed by atoms with E-state index in [1.54, 1.807) is 36.3 Å². The van der Waals surface area contributed by atoms with Crippen molar-refractivity contribution in [3.63, 3.8) is 0 Å². The van der Waals surface area contributed by atoms with Gasteiger partial charge in [0.15, 0.2) is 0 Å². The van der Waals surface area contributed by atoms with Gasteiger partial charge < -0.3 is 9.64 Å². The quantitative estimate of drug-likeness (QED) is 0.773. The van der Waals surface area contributed by atoms with E-state index in [4.69, 9.17) is 16.3 Å². The number of ether oxygens (including phenoxy) is 1. The zero-order chi connectivity index (χ0) is 12.4. The fourth-order valence-corrected chi connectivity index (χ4v) is 2.30. The van der Waals surface area contributed by atoms with Crippen LogP contribution in [-0.4, -0.2) is 19.6 Å². The van der Waals surface area contributed by atoms with Crippen molar-refractivity contribution in [1.82, 2.24) is 0 Å². The minimum atomic E-state index is 0.0568. The van der Waals surface area contributed by atoms with Crippen molar-refractivity contribution in [3.8, 4) is 5.75 Å². The molecule has 1 unspecified atom stereocenters. The Hall–Kier alpha value is -1.48. The van der Waals surface area contributed by atoms with Crippen molar-refractivity contribution in [2.75, 3.05) is 18.6 Å². The maximum absolute atomic E-state index is 11.9. The molecular formula is C13H14ClNO2. The van der Waals surface area contributed by atoms with Gasteiger partial charge in [0.1, 0.15) is 11.4 Å². The van der Waals surface area contributed by atoms with E-state index >= 15 is 0 Å². The molecule has 0 N–H and O–H groups in total. The third-order valence-electron chi connectivity index (χ3n) is 2.93. The molecule has 90 valence electrons. The first-order valence-corrected chi connectivity index (χ1v) is 5.80. The van der Waals surface area contributed by atoms with Crippen LogP contribution in [0.3, 0.4) is 0 Å². The van der Waals surface area contributed by atoms with Gasteiger partial charge in [0, 0.05) is 18.9 Å². The molecule has 4 heteroatoms. The first kappa shape index (κ1) is 12.0. The highest BCUT2D eigenvalue weighted by Gasteiger charge is 2.31. The largest absolute Gasteiger partial charge is 0.495 e. The van der Waals surface area contributed by atoms with E-state index in [9.17, 15) is 4.79 Å². The number of anilines is 1. The standard InChI is InChI=1S/C13H14ClNO2/c1-3-9-7-12(16)15(8-9)13-10(14)5-4-6-11(13)17-2/h3-6,9H,1,7-8H2,2H3. The Balaban J connectivity index is 2.40. The van der Waals surface area contributed by atoms with Crippen LogP contribution in [-0.2, 0) is 4.79 Å². The molecule has 17 heavy (non-hydrogen) atoms. The topological polar surface area (TPSA) is 29.5 Å². The zero-order valence-electron chi connectivity index (χ0n) is 9.65. The van der Waals surface area contributed by atoms with Crippen LogP contribution in [0, 0.1) is 5.92 Å². The molecule has 3 nitrogen and oxygen atoms in total. The molecule has 1 saturated heterocycles. The molecule has 0 aliphatic carbocycles. The maximum atomic E-state index is 11.9. The Morgan fingerprint density at radius 2 is 2.35 bits per heavy atom. The SMILES string of the molecule is C=CC1CC(=O)N(c2c(Cl)cccc2OC)C1. The lowest BCUT2D eigenvalue weighted by Gasteiger charge is -2.20. The number of amides is 1. The number of hydrogen-bond donors (Lipinski definition) is 0. The average molecular weight is 252 g/mol. The molecule has 0 saturated carbocycles. The van der Waals surface area contributed by atoms with Gasteiger partial charge in [-0.1, -0.05) is 23.7 Å². The minimum Gasteiger partial charge on any atom is -0.495 e. The van der Waals surface area contributed by atoms with E-state index < -0.39 is 0 Å². The lowest BCUT2D eigenvalue weighted by atomic mass is 10.1. The second-order valence-corrected chi connectivity index (χ2v) is 4.40. The Morgan fingerprint density at radius 1 is 1.59 bits per heavy atom. The number of halogens is 1. The summed E-state index contributed by atoms with van der Waals surface area (Å²) in [6.45, 7) is 4.34. The Kier molecular flexibility index (Phi) is 3.38. The monoisotopic (exact) mass is 251 g/mol. The molecule has 0 aromatic heterocycles. The fourth-order valence-electron chi connectivity index (χ4n) is 2.03. The molecule has 1 aliphatic heterocycles. The number of carbonyl (C=O) groups is 1. The first-order valence-electron chi connectivity index (χ1n) is 5.42. The normalized spacial score (nSPS) is 19.5. The predicted molar refractivity (Wildman–Crippen MR) is 68.7 cm³/mol. The number of methoxy groups -OCH3 is 1. The number of nitrogens with zero attached hydrogens (tertiary/aromatic N) is 1. The molecule has 0 spiro atoms. The molecule has 2 rings (SSSR count). The van der Waals surface area contributed by atoms with Gasteiger partial charge in [-0.25, -0.2) is 0 Å². The van der Waals surface area contributed by atoms with Crippen molar-refractivity contribution in [3.05, 3.63) is 35.9 Å². The molecule has 1 aromatic carbocycles. The third kappa shape index (κ3) is 2.15. The lowest BCUT2D eigenvalue weighted by molar-refractivity contribution is -0.117. The summed E-state index contributed by atoms with van der Waals surface area (Å²) in [6, 6.07) is 5.36. The first-order chi connectivity index (χ1) is 8.17. The number of para-hydroxylation sites is 1. The lowest BCUT2D eigenvalue weighted by Crippen LogP contribution is -2.25. The summed E-state index contributed by atoms with van der Waals surface area (Å²) < 4.78 is 5.25. The smallest absolute Gasteiger partial charge is 0.227 e. The second kappa shape index (κ2) is 4.80. The predicted octanol–water partition coefficient (Wildman–Crippen LogP) is 2.89. The van der Waals surface area contributed by atoms with Gasteiger partial charge in [-0.15, -0.1) is 6.58 Å². The van der Waals surface area contributed by atoms with Crippen molar-refractivity contribution in [1.29, 1.82) is 0 Å². The van der Waals surface area contributed by atoms with Crippen molar-refractivity contribution in [2.24, 2.45) is 5.92 Å².